The van der Waals surface area contributed by atoms with Gasteiger partial charge in [0.15, 0.2) is 6.10 Å². The van der Waals surface area contributed by atoms with Crippen LogP contribution in [0.25, 0.3) is 0 Å². The van der Waals surface area contributed by atoms with E-state index in [0.717, 1.165) is 5.56 Å². The zero-order valence-electron chi connectivity index (χ0n) is 16.0. The molecule has 0 saturated heterocycles. The highest BCUT2D eigenvalue weighted by molar-refractivity contribution is 5.99. The van der Waals surface area contributed by atoms with Crippen LogP contribution in [0.15, 0.2) is 30.3 Å². The first-order valence-electron chi connectivity index (χ1n) is 8.88. The highest BCUT2D eigenvalue weighted by Crippen LogP contribution is 2.02. The van der Waals surface area contributed by atoms with Gasteiger partial charge in [0.25, 0.3) is 5.91 Å². The van der Waals surface area contributed by atoms with Gasteiger partial charge in [-0.25, -0.2) is 4.79 Å². The van der Waals surface area contributed by atoms with Crippen LogP contribution in [0.3, 0.4) is 0 Å². The number of primary amides is 1. The maximum Gasteiger partial charge on any atom is 0.408 e. The van der Waals surface area contributed by atoms with E-state index in [1.54, 1.807) is 35.6 Å². The Kier molecular flexibility index (Phi) is 10.5. The van der Waals surface area contributed by atoms with Gasteiger partial charge in [0.2, 0.25) is 17.7 Å². The maximum absolute atomic E-state index is 12.3. The minimum Gasteiger partial charge on any atom is -0.445 e. The largest absolute Gasteiger partial charge is 0.445 e. The first-order valence-corrected chi connectivity index (χ1v) is 8.88. The van der Waals surface area contributed by atoms with Crippen molar-refractivity contribution in [1.29, 1.82) is 0 Å². The predicted molar refractivity (Wildman–Crippen MR) is 101 cm³/mol. The molecule has 0 bridgehead atoms. The quantitative estimate of drug-likeness (QED) is 0.227. The van der Waals surface area contributed by atoms with Crippen LogP contribution in [0.2, 0.25) is 0 Å². The Morgan fingerprint density at radius 3 is 2.33 bits per heavy atom. The number of rotatable bonds is 11. The Hall–Kier alpha value is -3.51. The molecule has 30 heavy (non-hydrogen) atoms. The molecule has 1 aromatic rings. The summed E-state index contributed by atoms with van der Waals surface area (Å²) in [6.07, 6.45) is -3.07. The van der Waals surface area contributed by atoms with E-state index in [9.17, 15) is 24.0 Å². The lowest BCUT2D eigenvalue weighted by Gasteiger charge is -2.18. The van der Waals surface area contributed by atoms with E-state index in [2.05, 4.69) is 10.6 Å². The standard InChI is InChI=1S/C18H24N4O8/c19-14(25)7-6-12(21-18(29)30-10-11-4-2-1-3-5-11)16(27)20-8-15(26)22-17(28)13(24)9-23/h1-5,12-13,23-24H,6-10H2,(H2,19,25)(H,20,27)(H,21,29)(H,22,26,28)/t12-,13?/m0/s1. The number of hydrogen-bond acceptors (Lipinski definition) is 8. The molecule has 0 radical (unpaired) electrons. The third-order valence-electron chi connectivity index (χ3n) is 3.66. The van der Waals surface area contributed by atoms with E-state index < -0.39 is 55.0 Å². The molecule has 0 aromatic heterocycles. The summed E-state index contributed by atoms with van der Waals surface area (Å²) in [5, 5.41) is 23.9. The van der Waals surface area contributed by atoms with Gasteiger partial charge in [-0.3, -0.25) is 24.5 Å². The first-order chi connectivity index (χ1) is 14.2. The number of imide groups is 1. The number of hydrogen-bond donors (Lipinski definition) is 6. The Bertz CT molecular complexity index is 756. The van der Waals surface area contributed by atoms with Gasteiger partial charge in [-0.15, -0.1) is 0 Å². The molecular weight excluding hydrogens is 400 g/mol. The fourth-order valence-electron chi connectivity index (χ4n) is 2.10. The molecule has 1 aromatic carbocycles. The molecule has 5 amide bonds. The van der Waals surface area contributed by atoms with Gasteiger partial charge in [0.05, 0.1) is 13.2 Å². The fourth-order valence-corrected chi connectivity index (χ4v) is 2.10. The van der Waals surface area contributed by atoms with Crippen LogP contribution in [0.5, 0.6) is 0 Å². The molecule has 1 unspecified atom stereocenters. The van der Waals surface area contributed by atoms with Gasteiger partial charge in [-0.05, 0) is 12.0 Å². The highest BCUT2D eigenvalue weighted by atomic mass is 16.5. The van der Waals surface area contributed by atoms with Crippen LogP contribution in [0, 0.1) is 0 Å². The summed E-state index contributed by atoms with van der Waals surface area (Å²) in [6, 6.07) is 7.55. The van der Waals surface area contributed by atoms with Gasteiger partial charge in [0, 0.05) is 6.42 Å². The summed E-state index contributed by atoms with van der Waals surface area (Å²) in [5.41, 5.74) is 5.78. The van der Waals surface area contributed by atoms with E-state index in [4.69, 9.17) is 20.7 Å². The van der Waals surface area contributed by atoms with Gasteiger partial charge >= 0.3 is 6.09 Å². The van der Waals surface area contributed by atoms with Crippen LogP contribution in [-0.2, 0) is 30.5 Å². The summed E-state index contributed by atoms with van der Waals surface area (Å²) in [7, 11) is 0. The van der Waals surface area contributed by atoms with Crippen molar-refractivity contribution in [2.45, 2.75) is 31.6 Å². The molecule has 12 heteroatoms. The van der Waals surface area contributed by atoms with Crippen molar-refractivity contribution in [2.75, 3.05) is 13.2 Å². The molecule has 0 fully saturated rings. The number of aliphatic hydroxyl groups is 2. The monoisotopic (exact) mass is 424 g/mol. The van der Waals surface area contributed by atoms with E-state index in [0.29, 0.717) is 0 Å². The Morgan fingerprint density at radius 2 is 1.73 bits per heavy atom. The van der Waals surface area contributed by atoms with Crippen molar-refractivity contribution >= 4 is 29.7 Å². The van der Waals surface area contributed by atoms with E-state index in [1.807, 2.05) is 0 Å². The third-order valence-corrected chi connectivity index (χ3v) is 3.66. The molecular formula is C18H24N4O8. The number of alkyl carbamates (subject to hydrolysis) is 1. The van der Waals surface area contributed by atoms with Crippen LogP contribution < -0.4 is 21.7 Å². The molecule has 12 nitrogen and oxygen atoms in total. The molecule has 0 saturated carbocycles. The average molecular weight is 424 g/mol. The number of carbonyl (C=O) groups is 5. The second kappa shape index (κ2) is 12.9. The number of ether oxygens (including phenoxy) is 1. The SMILES string of the molecule is NC(=O)CC[C@H](NC(=O)OCc1ccccc1)C(=O)NCC(=O)NC(=O)C(O)CO. The molecule has 7 N–H and O–H groups in total. The summed E-state index contributed by atoms with van der Waals surface area (Å²) in [5.74, 6) is -3.61. The molecule has 0 aliphatic heterocycles. The summed E-state index contributed by atoms with van der Waals surface area (Å²) < 4.78 is 5.01. The predicted octanol–water partition coefficient (Wildman–Crippen LogP) is -2.34. The fraction of sp³-hybridized carbons (Fsp3) is 0.389. The maximum atomic E-state index is 12.3. The van der Waals surface area contributed by atoms with Crippen LogP contribution in [0.4, 0.5) is 4.79 Å². The Morgan fingerprint density at radius 1 is 1.07 bits per heavy atom. The molecule has 0 aliphatic carbocycles. The lowest BCUT2D eigenvalue weighted by atomic mass is 10.1. The lowest BCUT2D eigenvalue weighted by molar-refractivity contribution is -0.137. The number of aliphatic hydroxyl groups excluding tert-OH is 2. The minimum atomic E-state index is -1.78. The summed E-state index contributed by atoms with van der Waals surface area (Å²) in [6.45, 7) is -1.58. The second-order valence-electron chi connectivity index (χ2n) is 6.09. The second-order valence-corrected chi connectivity index (χ2v) is 6.09. The molecule has 2 atom stereocenters. The Balaban J connectivity index is 2.57. The summed E-state index contributed by atoms with van der Waals surface area (Å²) >= 11 is 0. The molecule has 1 rings (SSSR count). The van der Waals surface area contributed by atoms with Crippen molar-refractivity contribution < 1.29 is 38.9 Å². The number of carbonyl (C=O) groups excluding carboxylic acids is 5. The zero-order valence-corrected chi connectivity index (χ0v) is 16.0. The number of nitrogens with one attached hydrogen (secondary N) is 3. The van der Waals surface area contributed by atoms with Crippen molar-refractivity contribution in [3.8, 4) is 0 Å². The molecule has 164 valence electrons. The smallest absolute Gasteiger partial charge is 0.408 e. The van der Waals surface area contributed by atoms with Gasteiger partial charge < -0.3 is 31.3 Å². The number of amides is 5. The molecule has 0 aliphatic rings. The van der Waals surface area contributed by atoms with Crippen molar-refractivity contribution in [3.05, 3.63) is 35.9 Å². The van der Waals surface area contributed by atoms with Crippen molar-refractivity contribution in [3.63, 3.8) is 0 Å². The van der Waals surface area contributed by atoms with Gasteiger partial charge in [0.1, 0.15) is 12.6 Å². The molecule has 0 heterocycles. The van der Waals surface area contributed by atoms with Gasteiger partial charge in [-0.1, -0.05) is 30.3 Å². The highest BCUT2D eigenvalue weighted by Gasteiger charge is 2.23. The van der Waals surface area contributed by atoms with Crippen LogP contribution in [-0.4, -0.2) is 65.2 Å². The number of nitrogens with two attached hydrogens (primary N) is 1. The normalized spacial score (nSPS) is 12.2. The van der Waals surface area contributed by atoms with Crippen molar-refractivity contribution in [2.24, 2.45) is 5.73 Å². The third kappa shape index (κ3) is 9.61. The van der Waals surface area contributed by atoms with Crippen LogP contribution >= 0.6 is 0 Å². The van der Waals surface area contributed by atoms with Crippen LogP contribution in [0.1, 0.15) is 18.4 Å². The van der Waals surface area contributed by atoms with E-state index in [-0.39, 0.29) is 19.4 Å². The lowest BCUT2D eigenvalue weighted by Crippen LogP contribution is -2.50. The Labute approximate surface area is 171 Å². The number of benzene rings is 1. The molecule has 0 spiro atoms. The van der Waals surface area contributed by atoms with Gasteiger partial charge in [-0.2, -0.15) is 0 Å². The zero-order chi connectivity index (χ0) is 22.5. The van der Waals surface area contributed by atoms with E-state index >= 15 is 0 Å². The topological polar surface area (TPSA) is 197 Å². The summed E-state index contributed by atoms with van der Waals surface area (Å²) in [4.78, 5) is 58.1. The average Bonchev–Trinajstić information content (AvgIpc) is 2.73. The van der Waals surface area contributed by atoms with Crippen molar-refractivity contribution in [1.82, 2.24) is 16.0 Å². The van der Waals surface area contributed by atoms with E-state index in [1.165, 1.54) is 0 Å². The minimum absolute atomic E-state index is 0.0471. The first kappa shape index (κ1) is 24.5.